The summed E-state index contributed by atoms with van der Waals surface area (Å²) in [7, 11) is 0. The van der Waals surface area contributed by atoms with E-state index < -0.39 is 0 Å². The van der Waals surface area contributed by atoms with Gasteiger partial charge in [0.15, 0.2) is 0 Å². The smallest absolute Gasteiger partial charge is 0.224 e. The average molecular weight is 340 g/mol. The third-order valence-corrected chi connectivity index (χ3v) is 4.55. The number of hydrogen-bond donors (Lipinski definition) is 2. The second kappa shape index (κ2) is 7.83. The fourth-order valence-electron chi connectivity index (χ4n) is 3.19. The molecule has 1 aliphatic heterocycles. The maximum atomic E-state index is 5.65. The predicted molar refractivity (Wildman–Crippen MR) is 103 cm³/mol. The maximum absolute atomic E-state index is 5.65. The standard InChI is InChI=1S/C20H28N4O/c1-13(2)17-9-5-7-14(3)19(17)23-18-11-15(4)22-20(24-18)21-12-16-8-6-10-25-16/h5,7,9,11,13,16H,6,8,10,12H2,1-4H3,(H2,21,22,23,24). The van der Waals surface area contributed by atoms with Crippen LogP contribution in [0.4, 0.5) is 17.5 Å². The highest BCUT2D eigenvalue weighted by atomic mass is 16.5. The van der Waals surface area contributed by atoms with Gasteiger partial charge in [-0.2, -0.15) is 4.98 Å². The number of nitrogens with one attached hydrogen (secondary N) is 2. The largest absolute Gasteiger partial charge is 0.376 e. The van der Waals surface area contributed by atoms with E-state index in [4.69, 9.17) is 4.74 Å². The highest BCUT2D eigenvalue weighted by Crippen LogP contribution is 2.30. The molecule has 5 nitrogen and oxygen atoms in total. The summed E-state index contributed by atoms with van der Waals surface area (Å²) in [6.07, 6.45) is 2.51. The molecule has 2 N–H and O–H groups in total. The second-order valence-electron chi connectivity index (χ2n) is 7.05. The molecule has 134 valence electrons. The van der Waals surface area contributed by atoms with Gasteiger partial charge < -0.3 is 15.4 Å². The lowest BCUT2D eigenvalue weighted by molar-refractivity contribution is 0.120. The van der Waals surface area contributed by atoms with Gasteiger partial charge in [0, 0.05) is 30.6 Å². The van der Waals surface area contributed by atoms with Crippen molar-refractivity contribution in [2.45, 2.75) is 52.6 Å². The van der Waals surface area contributed by atoms with Crippen molar-refractivity contribution >= 4 is 17.5 Å². The van der Waals surface area contributed by atoms with Crippen LogP contribution in [0.1, 0.15) is 49.4 Å². The summed E-state index contributed by atoms with van der Waals surface area (Å²) in [4.78, 5) is 9.14. The first kappa shape index (κ1) is 17.7. The maximum Gasteiger partial charge on any atom is 0.224 e. The van der Waals surface area contributed by atoms with Crippen molar-refractivity contribution in [2.75, 3.05) is 23.8 Å². The number of hydrogen-bond acceptors (Lipinski definition) is 5. The molecule has 0 bridgehead atoms. The Kier molecular flexibility index (Phi) is 5.53. The van der Waals surface area contributed by atoms with E-state index in [1.54, 1.807) is 0 Å². The van der Waals surface area contributed by atoms with E-state index in [0.717, 1.165) is 43.2 Å². The van der Waals surface area contributed by atoms with Gasteiger partial charge in [0.05, 0.1) is 6.10 Å². The summed E-state index contributed by atoms with van der Waals surface area (Å²) in [5, 5.41) is 6.83. The Morgan fingerprint density at radius 3 is 2.80 bits per heavy atom. The Bertz CT molecular complexity index is 724. The van der Waals surface area contributed by atoms with Crippen LogP contribution in [-0.2, 0) is 4.74 Å². The molecule has 1 saturated heterocycles. The number of benzene rings is 1. The summed E-state index contributed by atoms with van der Waals surface area (Å²) in [6.45, 7) is 10.1. The van der Waals surface area contributed by atoms with Crippen LogP contribution in [0.2, 0.25) is 0 Å². The van der Waals surface area contributed by atoms with Gasteiger partial charge >= 0.3 is 0 Å². The van der Waals surface area contributed by atoms with Crippen molar-refractivity contribution in [2.24, 2.45) is 0 Å². The van der Waals surface area contributed by atoms with Crippen molar-refractivity contribution in [1.29, 1.82) is 0 Å². The summed E-state index contributed by atoms with van der Waals surface area (Å²) in [5.74, 6) is 1.92. The predicted octanol–water partition coefficient (Wildman–Crippen LogP) is 4.55. The molecule has 1 aromatic heterocycles. The third kappa shape index (κ3) is 4.48. The van der Waals surface area contributed by atoms with Crippen molar-refractivity contribution in [1.82, 2.24) is 9.97 Å². The number of anilines is 3. The Morgan fingerprint density at radius 2 is 2.08 bits per heavy atom. The quantitative estimate of drug-likeness (QED) is 0.808. The summed E-state index contributed by atoms with van der Waals surface area (Å²) in [6, 6.07) is 8.38. The zero-order valence-corrected chi connectivity index (χ0v) is 15.6. The molecule has 5 heteroatoms. The highest BCUT2D eigenvalue weighted by molar-refractivity contribution is 5.66. The Morgan fingerprint density at radius 1 is 1.24 bits per heavy atom. The zero-order valence-electron chi connectivity index (χ0n) is 15.6. The third-order valence-electron chi connectivity index (χ3n) is 4.55. The van der Waals surface area contributed by atoms with Crippen molar-refractivity contribution in [3.63, 3.8) is 0 Å². The summed E-state index contributed by atoms with van der Waals surface area (Å²) < 4.78 is 5.65. The molecule has 0 spiro atoms. The van der Waals surface area contributed by atoms with Gasteiger partial charge in [-0.1, -0.05) is 32.0 Å². The first-order chi connectivity index (χ1) is 12.0. The van der Waals surface area contributed by atoms with E-state index in [-0.39, 0.29) is 6.10 Å². The fraction of sp³-hybridized carbons (Fsp3) is 0.500. The molecule has 1 aromatic carbocycles. The van der Waals surface area contributed by atoms with Gasteiger partial charge in [0.1, 0.15) is 5.82 Å². The first-order valence-corrected chi connectivity index (χ1v) is 9.10. The van der Waals surface area contributed by atoms with Crippen molar-refractivity contribution < 1.29 is 4.74 Å². The minimum absolute atomic E-state index is 0.268. The van der Waals surface area contributed by atoms with Gasteiger partial charge in [-0.25, -0.2) is 4.98 Å². The van der Waals surface area contributed by atoms with E-state index in [9.17, 15) is 0 Å². The Hall–Kier alpha value is -2.14. The van der Waals surface area contributed by atoms with E-state index in [1.807, 2.05) is 13.0 Å². The number of aryl methyl sites for hydroxylation is 2. The van der Waals surface area contributed by atoms with Crippen LogP contribution >= 0.6 is 0 Å². The highest BCUT2D eigenvalue weighted by Gasteiger charge is 2.16. The van der Waals surface area contributed by atoms with Gasteiger partial charge in [0.2, 0.25) is 5.95 Å². The zero-order chi connectivity index (χ0) is 17.8. The van der Waals surface area contributed by atoms with E-state index in [1.165, 1.54) is 11.1 Å². The van der Waals surface area contributed by atoms with Crippen LogP contribution < -0.4 is 10.6 Å². The fourth-order valence-corrected chi connectivity index (χ4v) is 3.19. The number of aromatic nitrogens is 2. The molecule has 1 fully saturated rings. The van der Waals surface area contributed by atoms with Crippen LogP contribution in [-0.4, -0.2) is 29.2 Å². The molecule has 0 aliphatic carbocycles. The Labute approximate surface area is 150 Å². The van der Waals surface area contributed by atoms with Gasteiger partial charge in [-0.05, 0) is 43.7 Å². The molecule has 1 atom stereocenters. The molecule has 0 radical (unpaired) electrons. The molecule has 2 heterocycles. The van der Waals surface area contributed by atoms with Gasteiger partial charge in [-0.3, -0.25) is 0 Å². The van der Waals surface area contributed by atoms with Crippen molar-refractivity contribution in [3.05, 3.63) is 41.1 Å². The lowest BCUT2D eigenvalue weighted by Gasteiger charge is -2.18. The molecule has 1 unspecified atom stereocenters. The number of rotatable bonds is 6. The molecular weight excluding hydrogens is 312 g/mol. The minimum Gasteiger partial charge on any atom is -0.376 e. The molecular formula is C20H28N4O. The number of nitrogens with zero attached hydrogens (tertiary/aromatic N) is 2. The van der Waals surface area contributed by atoms with E-state index in [2.05, 4.69) is 59.6 Å². The van der Waals surface area contributed by atoms with Crippen LogP contribution in [0.5, 0.6) is 0 Å². The molecule has 1 aliphatic rings. The molecule has 3 rings (SSSR count). The minimum atomic E-state index is 0.268. The average Bonchev–Trinajstić information content (AvgIpc) is 3.07. The van der Waals surface area contributed by atoms with Crippen LogP contribution in [0.25, 0.3) is 0 Å². The Balaban J connectivity index is 1.79. The van der Waals surface area contributed by atoms with Gasteiger partial charge in [-0.15, -0.1) is 0 Å². The van der Waals surface area contributed by atoms with E-state index >= 15 is 0 Å². The lowest BCUT2D eigenvalue weighted by atomic mass is 9.98. The summed E-state index contributed by atoms with van der Waals surface area (Å²) in [5.41, 5.74) is 4.59. The normalized spacial score (nSPS) is 17.1. The van der Waals surface area contributed by atoms with Crippen LogP contribution in [0.15, 0.2) is 24.3 Å². The molecule has 0 amide bonds. The van der Waals surface area contributed by atoms with Crippen molar-refractivity contribution in [3.8, 4) is 0 Å². The summed E-state index contributed by atoms with van der Waals surface area (Å²) >= 11 is 0. The number of para-hydroxylation sites is 1. The monoisotopic (exact) mass is 340 g/mol. The second-order valence-corrected chi connectivity index (χ2v) is 7.05. The van der Waals surface area contributed by atoms with Crippen LogP contribution in [0, 0.1) is 13.8 Å². The first-order valence-electron chi connectivity index (χ1n) is 9.10. The van der Waals surface area contributed by atoms with E-state index in [0.29, 0.717) is 11.9 Å². The number of ether oxygens (including phenoxy) is 1. The lowest BCUT2D eigenvalue weighted by Crippen LogP contribution is -2.20. The van der Waals surface area contributed by atoms with Crippen LogP contribution in [0.3, 0.4) is 0 Å². The molecule has 2 aromatic rings. The SMILES string of the molecule is Cc1cc(Nc2c(C)cccc2C(C)C)nc(NCC2CCCO2)n1. The topological polar surface area (TPSA) is 59.1 Å². The molecule has 0 saturated carbocycles. The van der Waals surface area contributed by atoms with Gasteiger partial charge in [0.25, 0.3) is 0 Å². The molecule has 25 heavy (non-hydrogen) atoms.